The van der Waals surface area contributed by atoms with Crippen molar-refractivity contribution in [3.63, 3.8) is 0 Å². The first-order chi connectivity index (χ1) is 4.31. The van der Waals surface area contributed by atoms with Crippen LogP contribution in [0.5, 0.6) is 0 Å². The van der Waals surface area contributed by atoms with Gasteiger partial charge in [-0.15, -0.1) is 0 Å². The molecule has 0 aromatic heterocycles. The standard InChI is InChI=1S/C6H8Cl4/c1-3-4(2)5(7,8)6(4,9)10/h3H2,1-2H3. The number of alkyl halides is 4. The quantitative estimate of drug-likeness (QED) is 0.592. The Hall–Kier alpha value is 1.16. The molecule has 0 aromatic rings. The second kappa shape index (κ2) is 2.10. The zero-order valence-electron chi connectivity index (χ0n) is 5.72. The van der Waals surface area contributed by atoms with Gasteiger partial charge in [0.2, 0.25) is 0 Å². The average molecular weight is 222 g/mol. The first-order valence-corrected chi connectivity index (χ1v) is 4.58. The molecule has 0 heterocycles. The third-order valence-electron chi connectivity index (χ3n) is 2.42. The van der Waals surface area contributed by atoms with Crippen molar-refractivity contribution in [3.8, 4) is 0 Å². The van der Waals surface area contributed by atoms with E-state index in [-0.39, 0.29) is 5.41 Å². The number of rotatable bonds is 1. The Labute approximate surface area is 80.8 Å². The molecule has 1 fully saturated rings. The molecular formula is C6H8Cl4. The molecule has 0 saturated heterocycles. The summed E-state index contributed by atoms with van der Waals surface area (Å²) in [7, 11) is 0. The summed E-state index contributed by atoms with van der Waals surface area (Å²) in [5.74, 6) is 0. The van der Waals surface area contributed by atoms with Gasteiger partial charge in [0.1, 0.15) is 0 Å². The minimum absolute atomic E-state index is 0.355. The molecule has 0 aromatic carbocycles. The summed E-state index contributed by atoms with van der Waals surface area (Å²) in [6.45, 7) is 3.85. The first-order valence-electron chi connectivity index (χ1n) is 3.07. The van der Waals surface area contributed by atoms with Gasteiger partial charge in [0.15, 0.2) is 8.67 Å². The normalized spacial score (nSPS) is 31.8. The highest BCUT2D eigenvalue weighted by Gasteiger charge is 2.83. The van der Waals surface area contributed by atoms with Crippen molar-refractivity contribution in [2.45, 2.75) is 28.9 Å². The van der Waals surface area contributed by atoms with E-state index in [1.807, 2.05) is 13.8 Å². The Morgan fingerprint density at radius 1 is 1.00 bits per heavy atom. The van der Waals surface area contributed by atoms with Crippen LogP contribution < -0.4 is 0 Å². The summed E-state index contributed by atoms with van der Waals surface area (Å²) in [5.41, 5.74) is -0.355. The van der Waals surface area contributed by atoms with Gasteiger partial charge in [0, 0.05) is 5.41 Å². The molecule has 0 radical (unpaired) electrons. The number of hydrogen-bond acceptors (Lipinski definition) is 0. The first kappa shape index (κ1) is 9.25. The van der Waals surface area contributed by atoms with E-state index in [0.717, 1.165) is 6.42 Å². The SMILES string of the molecule is CCC1(C)C(Cl)(Cl)C1(Cl)Cl. The van der Waals surface area contributed by atoms with Gasteiger partial charge in [-0.05, 0) is 6.42 Å². The minimum atomic E-state index is -0.974. The molecule has 60 valence electrons. The summed E-state index contributed by atoms with van der Waals surface area (Å²) in [6.07, 6.45) is 0.785. The lowest BCUT2D eigenvalue weighted by Gasteiger charge is -2.05. The van der Waals surface area contributed by atoms with Gasteiger partial charge in [0.05, 0.1) is 0 Å². The smallest absolute Gasteiger partial charge is 0.0975 e. The molecule has 0 bridgehead atoms. The third-order valence-corrected chi connectivity index (χ3v) is 5.61. The Balaban J connectivity index is 2.90. The molecule has 0 nitrogen and oxygen atoms in total. The molecule has 0 spiro atoms. The fourth-order valence-corrected chi connectivity index (χ4v) is 2.98. The predicted octanol–water partition coefficient (Wildman–Crippen LogP) is 3.76. The highest BCUT2D eigenvalue weighted by atomic mass is 35.5. The lowest BCUT2D eigenvalue weighted by Crippen LogP contribution is -2.02. The predicted molar refractivity (Wildman–Crippen MR) is 47.3 cm³/mol. The van der Waals surface area contributed by atoms with Crippen LogP contribution in [0.4, 0.5) is 0 Å². The van der Waals surface area contributed by atoms with E-state index < -0.39 is 8.67 Å². The van der Waals surface area contributed by atoms with Crippen molar-refractivity contribution >= 4 is 46.4 Å². The highest BCUT2D eigenvalue weighted by Crippen LogP contribution is 2.78. The Bertz CT molecular complexity index is 147. The summed E-state index contributed by atoms with van der Waals surface area (Å²) in [4.78, 5) is 0. The fraction of sp³-hybridized carbons (Fsp3) is 1.00. The molecule has 1 aliphatic carbocycles. The van der Waals surface area contributed by atoms with Crippen molar-refractivity contribution in [2.75, 3.05) is 0 Å². The van der Waals surface area contributed by atoms with E-state index in [1.165, 1.54) is 0 Å². The van der Waals surface area contributed by atoms with Crippen LogP contribution in [0.15, 0.2) is 0 Å². The monoisotopic (exact) mass is 220 g/mol. The van der Waals surface area contributed by atoms with Crippen LogP contribution in [-0.4, -0.2) is 8.67 Å². The van der Waals surface area contributed by atoms with Gasteiger partial charge in [-0.2, -0.15) is 0 Å². The summed E-state index contributed by atoms with van der Waals surface area (Å²) >= 11 is 23.4. The largest absolute Gasteiger partial charge is 0.159 e. The van der Waals surface area contributed by atoms with Gasteiger partial charge in [-0.25, -0.2) is 0 Å². The number of halogens is 4. The van der Waals surface area contributed by atoms with Gasteiger partial charge in [0.25, 0.3) is 0 Å². The van der Waals surface area contributed by atoms with E-state index >= 15 is 0 Å². The van der Waals surface area contributed by atoms with E-state index in [4.69, 9.17) is 46.4 Å². The summed E-state index contributed by atoms with van der Waals surface area (Å²) < 4.78 is -1.95. The second-order valence-electron chi connectivity index (χ2n) is 2.83. The molecule has 1 rings (SSSR count). The molecule has 0 unspecified atom stereocenters. The Morgan fingerprint density at radius 2 is 1.30 bits per heavy atom. The van der Waals surface area contributed by atoms with Crippen molar-refractivity contribution < 1.29 is 0 Å². The maximum atomic E-state index is 5.84. The molecule has 4 heteroatoms. The van der Waals surface area contributed by atoms with Gasteiger partial charge < -0.3 is 0 Å². The van der Waals surface area contributed by atoms with Crippen molar-refractivity contribution in [1.82, 2.24) is 0 Å². The van der Waals surface area contributed by atoms with Crippen LogP contribution in [-0.2, 0) is 0 Å². The average Bonchev–Trinajstić information content (AvgIpc) is 2.11. The highest BCUT2D eigenvalue weighted by molar-refractivity contribution is 6.69. The molecule has 10 heavy (non-hydrogen) atoms. The van der Waals surface area contributed by atoms with Crippen molar-refractivity contribution in [2.24, 2.45) is 5.41 Å². The third kappa shape index (κ3) is 0.717. The van der Waals surface area contributed by atoms with Crippen LogP contribution in [0.3, 0.4) is 0 Å². The maximum absolute atomic E-state index is 5.84. The Morgan fingerprint density at radius 3 is 1.30 bits per heavy atom. The molecule has 0 N–H and O–H groups in total. The topological polar surface area (TPSA) is 0 Å². The van der Waals surface area contributed by atoms with E-state index in [1.54, 1.807) is 0 Å². The van der Waals surface area contributed by atoms with Crippen LogP contribution >= 0.6 is 46.4 Å². The molecule has 1 aliphatic rings. The van der Waals surface area contributed by atoms with Gasteiger partial charge in [-0.3, -0.25) is 0 Å². The lowest BCUT2D eigenvalue weighted by atomic mass is 10.1. The molecular weight excluding hydrogens is 214 g/mol. The van der Waals surface area contributed by atoms with Crippen LogP contribution in [0.25, 0.3) is 0 Å². The fourth-order valence-electron chi connectivity index (χ4n) is 1.04. The van der Waals surface area contributed by atoms with Crippen LogP contribution in [0, 0.1) is 5.41 Å². The van der Waals surface area contributed by atoms with Gasteiger partial charge in [-0.1, -0.05) is 60.3 Å². The number of hydrogen-bond donors (Lipinski definition) is 0. The molecule has 0 aliphatic heterocycles. The zero-order valence-corrected chi connectivity index (χ0v) is 8.74. The molecule has 0 amide bonds. The molecule has 0 atom stereocenters. The van der Waals surface area contributed by atoms with Crippen LogP contribution in [0.2, 0.25) is 0 Å². The van der Waals surface area contributed by atoms with Gasteiger partial charge >= 0.3 is 0 Å². The minimum Gasteiger partial charge on any atom is -0.0975 e. The lowest BCUT2D eigenvalue weighted by molar-refractivity contribution is 0.534. The molecule has 1 saturated carbocycles. The van der Waals surface area contributed by atoms with E-state index in [2.05, 4.69) is 0 Å². The van der Waals surface area contributed by atoms with Crippen molar-refractivity contribution in [3.05, 3.63) is 0 Å². The zero-order chi connectivity index (χ0) is 8.21. The van der Waals surface area contributed by atoms with Crippen molar-refractivity contribution in [1.29, 1.82) is 0 Å². The summed E-state index contributed by atoms with van der Waals surface area (Å²) in [6, 6.07) is 0. The summed E-state index contributed by atoms with van der Waals surface area (Å²) in [5, 5.41) is 0. The van der Waals surface area contributed by atoms with E-state index in [0.29, 0.717) is 0 Å². The Kier molecular flexibility index (Phi) is 1.94. The maximum Gasteiger partial charge on any atom is 0.159 e. The van der Waals surface area contributed by atoms with E-state index in [9.17, 15) is 0 Å². The van der Waals surface area contributed by atoms with Crippen LogP contribution in [0.1, 0.15) is 20.3 Å². The second-order valence-corrected chi connectivity index (χ2v) is 5.49.